The first kappa shape index (κ1) is 25.6. The molecular formula is C25H38N4O3. The number of carbonyl (C=O) groups excluding carboxylic acids is 1. The number of benzene rings is 1. The topological polar surface area (TPSA) is 87.3 Å². The van der Waals surface area contributed by atoms with Gasteiger partial charge in [-0.25, -0.2) is 4.98 Å². The number of amides is 1. The van der Waals surface area contributed by atoms with Crippen molar-refractivity contribution in [2.75, 3.05) is 31.6 Å². The molecule has 2 aromatic rings. The summed E-state index contributed by atoms with van der Waals surface area (Å²) in [6, 6.07) is 5.49. The molecule has 0 atom stereocenters. The molecule has 0 aliphatic heterocycles. The summed E-state index contributed by atoms with van der Waals surface area (Å²) in [6.45, 7) is 13.7. The molecule has 32 heavy (non-hydrogen) atoms. The second kappa shape index (κ2) is 13.0. The number of aromatic nitrogens is 2. The molecule has 176 valence electrons. The number of aromatic amines is 1. The maximum Gasteiger partial charge on any atom is 0.254 e. The van der Waals surface area contributed by atoms with Crippen LogP contribution < -0.4 is 15.6 Å². The lowest BCUT2D eigenvalue weighted by molar-refractivity contribution is -0.116. The average Bonchev–Trinajstić information content (AvgIpc) is 2.80. The van der Waals surface area contributed by atoms with Crippen molar-refractivity contribution < 1.29 is 9.53 Å². The molecular weight excluding hydrogens is 404 g/mol. The fourth-order valence-electron chi connectivity index (χ4n) is 3.69. The normalized spacial score (nSPS) is 11.1. The van der Waals surface area contributed by atoms with Gasteiger partial charge in [-0.2, -0.15) is 0 Å². The minimum Gasteiger partial charge on any atom is -0.493 e. The van der Waals surface area contributed by atoms with Crippen molar-refractivity contribution in [2.24, 2.45) is 0 Å². The van der Waals surface area contributed by atoms with Crippen LogP contribution in [0.3, 0.4) is 0 Å². The molecule has 0 saturated heterocycles. The summed E-state index contributed by atoms with van der Waals surface area (Å²) in [5.74, 6) is 1.08. The van der Waals surface area contributed by atoms with E-state index >= 15 is 0 Å². The van der Waals surface area contributed by atoms with Crippen LogP contribution in [-0.2, 0) is 17.6 Å². The van der Waals surface area contributed by atoms with Crippen LogP contribution in [0.5, 0.6) is 5.75 Å². The lowest BCUT2D eigenvalue weighted by Crippen LogP contribution is -2.25. The zero-order valence-corrected chi connectivity index (χ0v) is 20.2. The lowest BCUT2D eigenvalue weighted by Gasteiger charge is -2.17. The molecule has 0 saturated carbocycles. The molecule has 1 aromatic heterocycles. The van der Waals surface area contributed by atoms with Crippen molar-refractivity contribution in [1.82, 2.24) is 14.9 Å². The molecule has 7 nitrogen and oxygen atoms in total. The first-order valence-corrected chi connectivity index (χ1v) is 11.9. The van der Waals surface area contributed by atoms with Gasteiger partial charge in [0, 0.05) is 17.7 Å². The van der Waals surface area contributed by atoms with Gasteiger partial charge in [0.2, 0.25) is 5.91 Å². The fraction of sp³-hybridized carbons (Fsp3) is 0.560. The Kier molecular flexibility index (Phi) is 10.4. The van der Waals surface area contributed by atoms with Gasteiger partial charge in [-0.1, -0.05) is 34.6 Å². The number of rotatable bonds is 13. The summed E-state index contributed by atoms with van der Waals surface area (Å²) < 4.78 is 5.91. The molecule has 1 heterocycles. The van der Waals surface area contributed by atoms with Gasteiger partial charge < -0.3 is 19.9 Å². The molecule has 0 bridgehead atoms. The van der Waals surface area contributed by atoms with Crippen LogP contribution >= 0.6 is 0 Å². The standard InChI is InChI=1S/C25H38N4O3/c1-6-16-32-22-14-13-18(26-23(30)12-11-15-29(9-4)10-5)17-20(22)24-27-21(8-3)19(7-2)25(31)28-24/h13-14,17H,6-12,15-16H2,1-5H3,(H,26,30)(H,27,28,31). The van der Waals surface area contributed by atoms with E-state index in [1.54, 1.807) is 0 Å². The molecule has 1 aromatic carbocycles. The van der Waals surface area contributed by atoms with Crippen LogP contribution in [0.1, 0.15) is 65.1 Å². The zero-order chi connectivity index (χ0) is 23.5. The van der Waals surface area contributed by atoms with Gasteiger partial charge in [-0.15, -0.1) is 0 Å². The SMILES string of the molecule is CCCOc1ccc(NC(=O)CCCN(CC)CC)cc1-c1nc(CC)c(CC)c(=O)[nH]1. The van der Waals surface area contributed by atoms with Gasteiger partial charge >= 0.3 is 0 Å². The first-order chi connectivity index (χ1) is 15.5. The summed E-state index contributed by atoms with van der Waals surface area (Å²) in [7, 11) is 0. The van der Waals surface area contributed by atoms with Crippen molar-refractivity contribution in [2.45, 2.75) is 66.7 Å². The largest absolute Gasteiger partial charge is 0.493 e. The van der Waals surface area contributed by atoms with E-state index in [1.165, 1.54) is 0 Å². The van der Waals surface area contributed by atoms with Gasteiger partial charge in [0.05, 0.1) is 17.9 Å². The highest BCUT2D eigenvalue weighted by Gasteiger charge is 2.15. The van der Waals surface area contributed by atoms with E-state index in [1.807, 2.05) is 39.0 Å². The van der Waals surface area contributed by atoms with Gasteiger partial charge in [0.1, 0.15) is 11.6 Å². The third kappa shape index (κ3) is 6.92. The van der Waals surface area contributed by atoms with E-state index in [9.17, 15) is 9.59 Å². The predicted molar refractivity (Wildman–Crippen MR) is 130 cm³/mol. The van der Waals surface area contributed by atoms with Crippen LogP contribution in [0.15, 0.2) is 23.0 Å². The molecule has 2 rings (SSSR count). The average molecular weight is 443 g/mol. The minimum atomic E-state index is -0.123. The number of nitrogens with zero attached hydrogens (tertiary/aromatic N) is 2. The number of aryl methyl sites for hydroxylation is 1. The second-order valence-corrected chi connectivity index (χ2v) is 7.78. The molecule has 7 heteroatoms. The Morgan fingerprint density at radius 3 is 2.50 bits per heavy atom. The lowest BCUT2D eigenvalue weighted by atomic mass is 10.1. The number of hydrogen-bond donors (Lipinski definition) is 2. The summed E-state index contributed by atoms with van der Waals surface area (Å²) in [5, 5.41) is 2.98. The number of anilines is 1. The highest BCUT2D eigenvalue weighted by Crippen LogP contribution is 2.31. The highest BCUT2D eigenvalue weighted by atomic mass is 16.5. The van der Waals surface area contributed by atoms with Crippen LogP contribution in [0.2, 0.25) is 0 Å². The highest BCUT2D eigenvalue weighted by molar-refractivity contribution is 5.91. The molecule has 0 radical (unpaired) electrons. The zero-order valence-electron chi connectivity index (χ0n) is 20.2. The fourth-order valence-corrected chi connectivity index (χ4v) is 3.69. The number of hydrogen-bond acceptors (Lipinski definition) is 5. The molecule has 1 amide bonds. The number of H-pyrrole nitrogens is 1. The van der Waals surface area contributed by atoms with E-state index in [4.69, 9.17) is 9.72 Å². The quantitative estimate of drug-likeness (QED) is 0.480. The number of carbonyl (C=O) groups is 1. The summed E-state index contributed by atoms with van der Waals surface area (Å²) in [4.78, 5) is 35.0. The minimum absolute atomic E-state index is 0.0256. The second-order valence-electron chi connectivity index (χ2n) is 7.78. The van der Waals surface area contributed by atoms with E-state index in [0.717, 1.165) is 38.2 Å². The Hall–Kier alpha value is -2.67. The van der Waals surface area contributed by atoms with E-state index in [-0.39, 0.29) is 11.5 Å². The van der Waals surface area contributed by atoms with Crippen LogP contribution in [0.25, 0.3) is 11.4 Å². The summed E-state index contributed by atoms with van der Waals surface area (Å²) >= 11 is 0. The monoisotopic (exact) mass is 442 g/mol. The van der Waals surface area contributed by atoms with Gasteiger partial charge in [-0.3, -0.25) is 9.59 Å². The molecule has 0 aliphatic rings. The maximum absolute atomic E-state index is 12.6. The Labute approximate surface area is 191 Å². The van der Waals surface area contributed by atoms with Crippen molar-refractivity contribution in [3.05, 3.63) is 39.8 Å². The van der Waals surface area contributed by atoms with Crippen molar-refractivity contribution in [3.8, 4) is 17.1 Å². The molecule has 0 spiro atoms. The smallest absolute Gasteiger partial charge is 0.254 e. The third-order valence-corrected chi connectivity index (χ3v) is 5.54. The third-order valence-electron chi connectivity index (χ3n) is 5.54. The van der Waals surface area contributed by atoms with Crippen molar-refractivity contribution >= 4 is 11.6 Å². The van der Waals surface area contributed by atoms with Crippen LogP contribution in [0, 0.1) is 0 Å². The van der Waals surface area contributed by atoms with Gasteiger partial charge in [-0.05, 0) is 63.5 Å². The number of nitrogens with one attached hydrogen (secondary N) is 2. The Balaban J connectivity index is 2.28. The maximum atomic E-state index is 12.6. The van der Waals surface area contributed by atoms with E-state index in [0.29, 0.717) is 54.3 Å². The molecule has 0 aliphatic carbocycles. The van der Waals surface area contributed by atoms with Crippen LogP contribution in [0.4, 0.5) is 5.69 Å². The van der Waals surface area contributed by atoms with Crippen LogP contribution in [-0.4, -0.2) is 47.0 Å². The van der Waals surface area contributed by atoms with Gasteiger partial charge in [0.15, 0.2) is 0 Å². The molecule has 2 N–H and O–H groups in total. The summed E-state index contributed by atoms with van der Waals surface area (Å²) in [6.07, 6.45) is 3.44. The van der Waals surface area contributed by atoms with Crippen molar-refractivity contribution in [3.63, 3.8) is 0 Å². The Morgan fingerprint density at radius 1 is 1.12 bits per heavy atom. The Bertz CT molecular complexity index is 935. The number of ether oxygens (including phenoxy) is 1. The molecule has 0 unspecified atom stereocenters. The van der Waals surface area contributed by atoms with E-state index < -0.39 is 0 Å². The first-order valence-electron chi connectivity index (χ1n) is 11.9. The molecule has 0 fully saturated rings. The predicted octanol–water partition coefficient (Wildman–Crippen LogP) is 4.41. The van der Waals surface area contributed by atoms with Crippen molar-refractivity contribution in [1.29, 1.82) is 0 Å². The van der Waals surface area contributed by atoms with Gasteiger partial charge in [0.25, 0.3) is 5.56 Å². The summed E-state index contributed by atoms with van der Waals surface area (Å²) in [5.41, 5.74) is 2.72. The Morgan fingerprint density at radius 2 is 1.88 bits per heavy atom. The van der Waals surface area contributed by atoms with E-state index in [2.05, 4.69) is 29.0 Å².